The van der Waals surface area contributed by atoms with Gasteiger partial charge in [0.1, 0.15) is 12.1 Å². The van der Waals surface area contributed by atoms with E-state index in [-0.39, 0.29) is 22.9 Å². The molecule has 9 heteroatoms. The first-order chi connectivity index (χ1) is 19.5. The molecule has 3 aliphatic carbocycles. The van der Waals surface area contributed by atoms with Crippen molar-refractivity contribution in [3.63, 3.8) is 0 Å². The third kappa shape index (κ3) is 4.60. The highest BCUT2D eigenvalue weighted by atomic mass is 19.1. The normalized spacial score (nSPS) is 20.8. The van der Waals surface area contributed by atoms with Crippen molar-refractivity contribution in [2.75, 3.05) is 5.32 Å². The summed E-state index contributed by atoms with van der Waals surface area (Å²) < 4.78 is 16.0. The molecule has 3 heterocycles. The second-order valence-electron chi connectivity index (χ2n) is 12.9. The van der Waals surface area contributed by atoms with Crippen LogP contribution in [-0.4, -0.2) is 31.0 Å². The highest BCUT2D eigenvalue weighted by Gasteiger charge is 2.58. The summed E-state index contributed by atoms with van der Waals surface area (Å²) in [6.07, 6.45) is 7.47. The van der Waals surface area contributed by atoms with E-state index in [2.05, 4.69) is 65.4 Å². The Hall–Kier alpha value is -4.37. The number of anilines is 1. The van der Waals surface area contributed by atoms with E-state index in [1.54, 1.807) is 13.0 Å². The molecule has 1 N–H and O–H groups in total. The maximum atomic E-state index is 14.0. The molecule has 2 atom stereocenters. The minimum absolute atomic E-state index is 0.0436. The first-order valence-corrected chi connectivity index (χ1v) is 14.1. The summed E-state index contributed by atoms with van der Waals surface area (Å²) in [6.45, 7) is 10.3. The van der Waals surface area contributed by atoms with E-state index in [1.807, 2.05) is 23.0 Å². The predicted molar refractivity (Wildman–Crippen MR) is 154 cm³/mol. The quantitative estimate of drug-likeness (QED) is 0.276. The van der Waals surface area contributed by atoms with Crippen molar-refractivity contribution in [2.24, 2.45) is 11.3 Å². The lowest BCUT2D eigenvalue weighted by Gasteiger charge is -2.61. The summed E-state index contributed by atoms with van der Waals surface area (Å²) in [6, 6.07) is 11.6. The van der Waals surface area contributed by atoms with Crippen molar-refractivity contribution in [2.45, 2.75) is 77.8 Å². The van der Waals surface area contributed by atoms with E-state index < -0.39 is 5.95 Å². The third-order valence-electron chi connectivity index (χ3n) is 9.20. The van der Waals surface area contributed by atoms with Crippen LogP contribution in [0.15, 0.2) is 36.7 Å². The van der Waals surface area contributed by atoms with Gasteiger partial charge in [0.05, 0.1) is 33.6 Å². The van der Waals surface area contributed by atoms with Crippen LogP contribution in [-0.2, 0) is 12.0 Å². The van der Waals surface area contributed by atoms with Gasteiger partial charge >= 0.3 is 0 Å². The number of halogens is 1. The van der Waals surface area contributed by atoms with E-state index in [0.717, 1.165) is 47.4 Å². The summed E-state index contributed by atoms with van der Waals surface area (Å²) in [5.41, 5.74) is 5.21. The molecule has 4 aromatic rings. The van der Waals surface area contributed by atoms with Crippen molar-refractivity contribution in [1.29, 1.82) is 10.5 Å². The molecular formula is C32H33FN8. The first-order valence-electron chi connectivity index (χ1n) is 14.1. The number of rotatable bonds is 7. The second kappa shape index (κ2) is 9.62. The molecule has 0 amide bonds. The van der Waals surface area contributed by atoms with Crippen molar-refractivity contribution in [3.8, 4) is 12.1 Å². The van der Waals surface area contributed by atoms with E-state index in [4.69, 9.17) is 0 Å². The number of fused-ring (bicyclic) bond motifs is 1. The Morgan fingerprint density at radius 1 is 1.15 bits per heavy atom. The Bertz CT molecular complexity index is 1740. The molecule has 0 unspecified atom stereocenters. The molecule has 0 aliphatic heterocycles. The number of nitriles is 2. The standard InChI is InChI=1S/C32H33FN8/c1-18-24(6-7-28(33)37-18)25(27-17-41(40-39-27)32-11-21(12-32)13-32)9-20-8-22(14-34)29-26(10-20)30(23(15-35)16-36-29)38-19(2)31(3,4)5/h6-8,10,16-17,19,21,25H,9,11-13H2,1-5H3,(H,36,38)/t19-,21?,25+,32?/m1/s1. The predicted octanol–water partition coefficient (Wildman–Crippen LogP) is 6.14. The number of hydrogen-bond donors (Lipinski definition) is 1. The number of nitrogens with zero attached hydrogens (tertiary/aromatic N) is 7. The lowest BCUT2D eigenvalue weighted by molar-refractivity contribution is -0.0989. The summed E-state index contributed by atoms with van der Waals surface area (Å²) in [5, 5.41) is 33.4. The minimum Gasteiger partial charge on any atom is -0.380 e. The fraction of sp³-hybridized carbons (Fsp3) is 0.438. The molecule has 2 bridgehead atoms. The number of hydrogen-bond acceptors (Lipinski definition) is 7. The monoisotopic (exact) mass is 548 g/mol. The maximum absolute atomic E-state index is 14.0. The number of aryl methyl sites for hydroxylation is 1. The van der Waals surface area contributed by atoms with Crippen LogP contribution in [0.2, 0.25) is 0 Å². The molecule has 1 aromatic carbocycles. The van der Waals surface area contributed by atoms with Gasteiger partial charge in [-0.05, 0) is 80.2 Å². The Kier molecular flexibility index (Phi) is 6.30. The van der Waals surface area contributed by atoms with E-state index >= 15 is 0 Å². The SMILES string of the molecule is Cc1nc(F)ccc1[C@H](Cc1cc(C#N)c2ncc(C#N)c(N[C@H](C)C(C)(C)C)c2c1)c1cn(C23CC(C2)C3)nn1. The average Bonchev–Trinajstić information content (AvgIpc) is 3.34. The van der Waals surface area contributed by atoms with Crippen LogP contribution in [0, 0.1) is 46.9 Å². The molecule has 0 saturated heterocycles. The zero-order chi connectivity index (χ0) is 29.1. The fourth-order valence-corrected chi connectivity index (χ4v) is 6.14. The van der Waals surface area contributed by atoms with Gasteiger partial charge in [0.25, 0.3) is 0 Å². The van der Waals surface area contributed by atoms with E-state index in [9.17, 15) is 14.9 Å². The molecule has 7 rings (SSSR count). The summed E-state index contributed by atoms with van der Waals surface area (Å²) in [4.78, 5) is 8.60. The third-order valence-corrected chi connectivity index (χ3v) is 9.20. The van der Waals surface area contributed by atoms with E-state index in [1.165, 1.54) is 12.3 Å². The first kappa shape index (κ1) is 26.8. The zero-order valence-corrected chi connectivity index (χ0v) is 24.0. The molecule has 0 radical (unpaired) electrons. The van der Waals surface area contributed by atoms with Crippen molar-refractivity contribution in [1.82, 2.24) is 25.0 Å². The van der Waals surface area contributed by atoms with E-state index in [0.29, 0.717) is 34.4 Å². The summed E-state index contributed by atoms with van der Waals surface area (Å²) >= 11 is 0. The van der Waals surface area contributed by atoms with Gasteiger partial charge in [-0.15, -0.1) is 5.10 Å². The van der Waals surface area contributed by atoms with Gasteiger partial charge in [0.15, 0.2) is 0 Å². The minimum atomic E-state index is -0.529. The molecule has 3 fully saturated rings. The number of nitrogens with one attached hydrogen (secondary N) is 1. The number of benzene rings is 1. The van der Waals surface area contributed by atoms with Gasteiger partial charge in [0.2, 0.25) is 5.95 Å². The van der Waals surface area contributed by atoms with Gasteiger partial charge in [-0.1, -0.05) is 32.1 Å². The van der Waals surface area contributed by atoms with Gasteiger partial charge in [-0.2, -0.15) is 14.9 Å². The van der Waals surface area contributed by atoms with Crippen LogP contribution in [0.3, 0.4) is 0 Å². The molecule has 41 heavy (non-hydrogen) atoms. The molecule has 3 aliphatic rings. The van der Waals surface area contributed by atoms with Crippen LogP contribution in [0.5, 0.6) is 0 Å². The lowest BCUT2D eigenvalue weighted by atomic mass is 9.50. The van der Waals surface area contributed by atoms with Crippen LogP contribution < -0.4 is 5.32 Å². The number of aromatic nitrogens is 5. The molecule has 3 aromatic heterocycles. The summed E-state index contributed by atoms with van der Waals surface area (Å²) in [5.74, 6) is 0.0173. The molecular weight excluding hydrogens is 515 g/mol. The van der Waals surface area contributed by atoms with Crippen LogP contribution in [0.1, 0.15) is 86.5 Å². The highest BCUT2D eigenvalue weighted by Crippen LogP contribution is 2.62. The molecule has 3 saturated carbocycles. The molecule has 208 valence electrons. The summed E-state index contributed by atoms with van der Waals surface area (Å²) in [7, 11) is 0. The highest BCUT2D eigenvalue weighted by molar-refractivity contribution is 5.97. The Morgan fingerprint density at radius 2 is 1.88 bits per heavy atom. The lowest BCUT2D eigenvalue weighted by Crippen LogP contribution is -2.59. The van der Waals surface area contributed by atoms with Crippen molar-refractivity contribution >= 4 is 16.6 Å². The Labute approximate surface area is 239 Å². The maximum Gasteiger partial charge on any atom is 0.213 e. The van der Waals surface area contributed by atoms with Gasteiger partial charge < -0.3 is 5.32 Å². The fourth-order valence-electron chi connectivity index (χ4n) is 6.14. The topological polar surface area (TPSA) is 116 Å². The van der Waals surface area contributed by atoms with Gasteiger partial charge in [-0.3, -0.25) is 4.98 Å². The number of pyridine rings is 2. The zero-order valence-electron chi connectivity index (χ0n) is 24.0. The van der Waals surface area contributed by atoms with Gasteiger partial charge in [-0.25, -0.2) is 9.67 Å². The van der Waals surface area contributed by atoms with Crippen LogP contribution >= 0.6 is 0 Å². The second-order valence-corrected chi connectivity index (χ2v) is 12.9. The van der Waals surface area contributed by atoms with Crippen LogP contribution in [0.25, 0.3) is 10.9 Å². The molecule has 0 spiro atoms. The Morgan fingerprint density at radius 3 is 2.49 bits per heavy atom. The van der Waals surface area contributed by atoms with Crippen molar-refractivity contribution in [3.05, 3.63) is 76.2 Å². The molecule has 8 nitrogen and oxygen atoms in total. The average molecular weight is 549 g/mol. The largest absolute Gasteiger partial charge is 0.380 e. The van der Waals surface area contributed by atoms with Crippen molar-refractivity contribution < 1.29 is 4.39 Å². The Balaban J connectivity index is 1.46. The van der Waals surface area contributed by atoms with Crippen LogP contribution in [0.4, 0.5) is 10.1 Å². The van der Waals surface area contributed by atoms with Gasteiger partial charge in [0, 0.05) is 35.4 Å². The smallest absolute Gasteiger partial charge is 0.213 e.